The van der Waals surface area contributed by atoms with Gasteiger partial charge in [-0.1, -0.05) is 127 Å². The zero-order chi connectivity index (χ0) is 28.9. The third-order valence-electron chi connectivity index (χ3n) is 9.27. The zero-order valence-electron chi connectivity index (χ0n) is 26.5. The monoisotopic (exact) mass is 544 g/mol. The second-order valence-electron chi connectivity index (χ2n) is 13.5. The Bertz CT molecular complexity index is 1460. The van der Waals surface area contributed by atoms with Crippen molar-refractivity contribution in [1.29, 1.82) is 0 Å². The molecular weight excluding hydrogens is 497 g/mol. The first-order chi connectivity index (χ1) is 19.0. The lowest BCUT2D eigenvalue weighted by atomic mass is 9.85. The molecule has 0 nitrogen and oxygen atoms in total. The zero-order valence-corrected chi connectivity index (χ0v) is 27.9. The van der Waals surface area contributed by atoms with Gasteiger partial charge >= 0.3 is 0 Å². The maximum absolute atomic E-state index is 2.56. The van der Waals surface area contributed by atoms with Crippen LogP contribution in [0.2, 0.25) is 0 Å². The Morgan fingerprint density at radius 1 is 0.625 bits per heavy atom. The highest BCUT2D eigenvalue weighted by Crippen LogP contribution is 2.50. The van der Waals surface area contributed by atoms with Gasteiger partial charge in [-0.2, -0.15) is 0 Å². The number of hydrogen-bond donors (Lipinski definition) is 0. The lowest BCUT2D eigenvalue weighted by Gasteiger charge is -2.24. The SMILES string of the molecule is CC1=Cc2c(cc(C(C)C)cc2C(C)C)[C]1[SiH2][C]1C(C)=C(Cc2ccccc2)c2c1cc(C(C)C)cc2C(C)C. The van der Waals surface area contributed by atoms with E-state index in [9.17, 15) is 0 Å². The molecule has 0 spiro atoms. The van der Waals surface area contributed by atoms with Gasteiger partial charge in [-0.05, 0) is 99.6 Å². The predicted octanol–water partition coefficient (Wildman–Crippen LogP) is 10.3. The number of hydrogen-bond acceptors (Lipinski definition) is 0. The molecule has 2 aliphatic carbocycles. The van der Waals surface area contributed by atoms with Crippen LogP contribution in [0.5, 0.6) is 0 Å². The molecule has 0 atom stereocenters. The van der Waals surface area contributed by atoms with Gasteiger partial charge in [-0.25, -0.2) is 0 Å². The smallest absolute Gasteiger partial charge is 0.0574 e. The Labute approximate surface area is 246 Å². The van der Waals surface area contributed by atoms with E-state index in [-0.39, 0.29) is 0 Å². The molecule has 0 fully saturated rings. The van der Waals surface area contributed by atoms with E-state index in [2.05, 4.69) is 130 Å². The van der Waals surface area contributed by atoms with E-state index in [1.165, 1.54) is 44.5 Å². The van der Waals surface area contributed by atoms with Crippen molar-refractivity contribution in [3.8, 4) is 0 Å². The minimum Gasteiger partial charge on any atom is -0.0646 e. The summed E-state index contributed by atoms with van der Waals surface area (Å²) >= 11 is 0. The van der Waals surface area contributed by atoms with Gasteiger partial charge in [-0.3, -0.25) is 0 Å². The summed E-state index contributed by atoms with van der Waals surface area (Å²) < 4.78 is 0. The van der Waals surface area contributed by atoms with E-state index < -0.39 is 9.52 Å². The summed E-state index contributed by atoms with van der Waals surface area (Å²) in [4.78, 5) is 0. The van der Waals surface area contributed by atoms with Crippen LogP contribution in [-0.2, 0) is 6.42 Å². The molecular formula is C39H48Si. The lowest BCUT2D eigenvalue weighted by Crippen LogP contribution is -2.19. The average molecular weight is 545 g/mol. The summed E-state index contributed by atoms with van der Waals surface area (Å²) in [5.74, 6) is 2.08. The van der Waals surface area contributed by atoms with Gasteiger partial charge in [0.2, 0.25) is 0 Å². The molecule has 3 aromatic carbocycles. The molecule has 0 bridgehead atoms. The van der Waals surface area contributed by atoms with Gasteiger partial charge in [0, 0.05) is 11.1 Å². The molecule has 0 aromatic heterocycles. The fourth-order valence-electron chi connectivity index (χ4n) is 6.72. The van der Waals surface area contributed by atoms with Crippen molar-refractivity contribution >= 4 is 21.2 Å². The maximum Gasteiger partial charge on any atom is 0.0574 e. The maximum atomic E-state index is 2.56. The van der Waals surface area contributed by atoms with Gasteiger partial charge in [0.05, 0.1) is 9.52 Å². The molecule has 5 rings (SSSR count). The number of benzene rings is 3. The van der Waals surface area contributed by atoms with Crippen molar-refractivity contribution in [3.05, 3.63) is 127 Å². The normalized spacial score (nSPS) is 16.0. The van der Waals surface area contributed by atoms with Crippen molar-refractivity contribution < 1.29 is 0 Å². The van der Waals surface area contributed by atoms with Crippen LogP contribution in [0.1, 0.15) is 143 Å². The Balaban J connectivity index is 1.66. The van der Waals surface area contributed by atoms with Crippen molar-refractivity contribution in [2.24, 2.45) is 0 Å². The summed E-state index contributed by atoms with van der Waals surface area (Å²) in [5, 5.41) is 0. The standard InChI is InChI=1S/C39H48Si/c1-22(2)29-18-31(24(5)6)34-16-26(9)38(35(34)20-29)40-39-27(10)33(17-28-14-12-11-13-15-28)37-32(25(7)8)19-30(23(3)4)21-36(37)39/h11-16,18-25H,17,40H2,1-10H3. The van der Waals surface area contributed by atoms with E-state index in [4.69, 9.17) is 0 Å². The van der Waals surface area contributed by atoms with Crippen LogP contribution in [0, 0.1) is 11.1 Å². The van der Waals surface area contributed by atoms with Crippen LogP contribution < -0.4 is 0 Å². The minimum atomic E-state index is -0.724. The van der Waals surface area contributed by atoms with Crippen LogP contribution in [0.4, 0.5) is 0 Å². The Morgan fingerprint density at radius 2 is 1.20 bits per heavy atom. The van der Waals surface area contributed by atoms with E-state index in [0.29, 0.717) is 23.7 Å². The third kappa shape index (κ3) is 5.23. The topological polar surface area (TPSA) is 0 Å². The summed E-state index contributed by atoms with van der Waals surface area (Å²) in [5.41, 5.74) is 21.4. The summed E-state index contributed by atoms with van der Waals surface area (Å²) in [6, 6.07) is 21.2. The Hall–Kier alpha value is -2.64. The summed E-state index contributed by atoms with van der Waals surface area (Å²) in [6.07, 6.45) is 3.51. The van der Waals surface area contributed by atoms with Crippen LogP contribution in [0.25, 0.3) is 11.6 Å². The lowest BCUT2D eigenvalue weighted by molar-refractivity contribution is 0.829. The second kappa shape index (κ2) is 11.3. The Morgan fingerprint density at radius 3 is 1.77 bits per heavy atom. The molecule has 0 aliphatic heterocycles. The number of rotatable bonds is 8. The highest BCUT2D eigenvalue weighted by Gasteiger charge is 2.37. The molecule has 0 unspecified atom stereocenters. The molecule has 3 aromatic rings. The van der Waals surface area contributed by atoms with Crippen LogP contribution in [0.3, 0.4) is 0 Å². The molecule has 2 aliphatic rings. The molecule has 2 radical (unpaired) electrons. The fraction of sp³-hybridized carbons (Fsp3) is 0.385. The molecule has 0 amide bonds. The summed E-state index contributed by atoms with van der Waals surface area (Å²) in [7, 11) is -0.724. The first-order valence-electron chi connectivity index (χ1n) is 15.5. The van der Waals surface area contributed by atoms with Gasteiger partial charge in [0.15, 0.2) is 0 Å². The summed E-state index contributed by atoms with van der Waals surface area (Å²) in [6.45, 7) is 23.6. The Kier molecular flexibility index (Phi) is 8.17. The molecule has 0 heterocycles. The molecule has 40 heavy (non-hydrogen) atoms. The van der Waals surface area contributed by atoms with Crippen LogP contribution in [-0.4, -0.2) is 9.52 Å². The van der Waals surface area contributed by atoms with Crippen molar-refractivity contribution in [1.82, 2.24) is 0 Å². The molecule has 0 saturated carbocycles. The van der Waals surface area contributed by atoms with Gasteiger partial charge in [-0.15, -0.1) is 0 Å². The van der Waals surface area contributed by atoms with Crippen LogP contribution >= 0.6 is 0 Å². The molecule has 208 valence electrons. The average Bonchev–Trinajstić information content (AvgIpc) is 3.36. The predicted molar refractivity (Wildman–Crippen MR) is 179 cm³/mol. The first kappa shape index (κ1) is 28.9. The highest BCUT2D eigenvalue weighted by molar-refractivity contribution is 6.56. The largest absolute Gasteiger partial charge is 0.0646 e. The van der Waals surface area contributed by atoms with Crippen molar-refractivity contribution in [3.63, 3.8) is 0 Å². The minimum absolute atomic E-state index is 0.496. The quantitative estimate of drug-likeness (QED) is 0.247. The molecule has 0 N–H and O–H groups in total. The highest BCUT2D eigenvalue weighted by atomic mass is 28.2. The first-order valence-corrected chi connectivity index (χ1v) is 16.9. The van der Waals surface area contributed by atoms with Crippen LogP contribution in [0.15, 0.2) is 65.7 Å². The van der Waals surface area contributed by atoms with E-state index >= 15 is 0 Å². The van der Waals surface area contributed by atoms with Gasteiger partial charge in [0.1, 0.15) is 0 Å². The van der Waals surface area contributed by atoms with Gasteiger partial charge < -0.3 is 0 Å². The second-order valence-corrected chi connectivity index (χ2v) is 15.2. The van der Waals surface area contributed by atoms with Crippen molar-refractivity contribution in [2.45, 2.75) is 99.3 Å². The fourth-order valence-corrected chi connectivity index (χ4v) is 8.88. The third-order valence-corrected chi connectivity index (χ3v) is 11.8. The molecule has 0 saturated heterocycles. The van der Waals surface area contributed by atoms with Crippen molar-refractivity contribution in [2.75, 3.05) is 0 Å². The van der Waals surface area contributed by atoms with E-state index in [0.717, 1.165) is 6.42 Å². The number of fused-ring (bicyclic) bond motifs is 2. The van der Waals surface area contributed by atoms with Gasteiger partial charge in [0.25, 0.3) is 0 Å². The van der Waals surface area contributed by atoms with E-state index in [1.807, 2.05) is 0 Å². The molecule has 1 heteroatoms. The van der Waals surface area contributed by atoms with E-state index in [1.54, 1.807) is 33.4 Å². The number of allylic oxidation sites excluding steroid dienone is 3.